The van der Waals surface area contributed by atoms with Gasteiger partial charge in [0.05, 0.1) is 16.1 Å². The standard InChI is InChI=1S/C23H18ClN3O7/c1-12(2)17(23(31)34-11-13-7-9-14(10-8-13)27(32)33)25-19(24)18(22(25)30)26-20(28)15-5-3-4-6-16(15)21(26)29/h3-10,18-19H,11H2,1-2H3. The van der Waals surface area contributed by atoms with E-state index < -0.39 is 40.2 Å². The van der Waals surface area contributed by atoms with Crippen LogP contribution in [0.4, 0.5) is 5.69 Å². The Morgan fingerprint density at radius 3 is 2.06 bits per heavy atom. The molecule has 2 aromatic carbocycles. The molecule has 1 fully saturated rings. The zero-order valence-corrected chi connectivity index (χ0v) is 18.8. The number of hydrogen-bond donors (Lipinski definition) is 0. The van der Waals surface area contributed by atoms with Crippen LogP contribution in [0.2, 0.25) is 0 Å². The van der Waals surface area contributed by atoms with Gasteiger partial charge in [-0.2, -0.15) is 0 Å². The van der Waals surface area contributed by atoms with E-state index in [-0.39, 0.29) is 29.1 Å². The van der Waals surface area contributed by atoms with Crippen molar-refractivity contribution < 1.29 is 28.8 Å². The first-order valence-electron chi connectivity index (χ1n) is 10.2. The Kier molecular flexibility index (Phi) is 5.92. The zero-order valence-electron chi connectivity index (χ0n) is 18.1. The number of ether oxygens (including phenoxy) is 1. The number of nitro groups is 1. The van der Waals surface area contributed by atoms with Crippen molar-refractivity contribution in [3.05, 3.63) is 86.6 Å². The van der Waals surface area contributed by atoms with Crippen LogP contribution >= 0.6 is 11.6 Å². The highest BCUT2D eigenvalue weighted by molar-refractivity contribution is 6.30. The van der Waals surface area contributed by atoms with Gasteiger partial charge in [-0.1, -0.05) is 23.7 Å². The van der Waals surface area contributed by atoms with E-state index in [1.165, 1.54) is 36.4 Å². The first-order valence-corrected chi connectivity index (χ1v) is 10.6. The number of halogens is 1. The highest BCUT2D eigenvalue weighted by atomic mass is 35.5. The van der Waals surface area contributed by atoms with Crippen LogP contribution in [0.25, 0.3) is 0 Å². The van der Waals surface area contributed by atoms with Crippen molar-refractivity contribution in [3.63, 3.8) is 0 Å². The van der Waals surface area contributed by atoms with Crippen molar-refractivity contribution in [3.8, 4) is 0 Å². The number of amides is 3. The van der Waals surface area contributed by atoms with Crippen molar-refractivity contribution in [1.82, 2.24) is 9.80 Å². The van der Waals surface area contributed by atoms with Crippen LogP contribution < -0.4 is 0 Å². The van der Waals surface area contributed by atoms with Crippen molar-refractivity contribution in [1.29, 1.82) is 0 Å². The first kappa shape index (κ1) is 23.1. The Balaban J connectivity index is 1.48. The molecule has 0 spiro atoms. The molecule has 0 bridgehead atoms. The maximum Gasteiger partial charge on any atom is 0.355 e. The van der Waals surface area contributed by atoms with Crippen molar-refractivity contribution in [2.75, 3.05) is 0 Å². The van der Waals surface area contributed by atoms with Crippen molar-refractivity contribution >= 4 is 41.0 Å². The lowest BCUT2D eigenvalue weighted by atomic mass is 10.0. The highest BCUT2D eigenvalue weighted by Crippen LogP contribution is 2.37. The van der Waals surface area contributed by atoms with E-state index in [1.807, 2.05) is 0 Å². The molecule has 10 nitrogen and oxygen atoms in total. The predicted molar refractivity (Wildman–Crippen MR) is 118 cm³/mol. The third-order valence-electron chi connectivity index (χ3n) is 5.53. The van der Waals surface area contributed by atoms with Gasteiger partial charge in [0.1, 0.15) is 17.8 Å². The molecule has 2 unspecified atom stereocenters. The fourth-order valence-electron chi connectivity index (χ4n) is 3.84. The number of nitro benzene ring substituents is 1. The molecule has 0 aliphatic carbocycles. The Bertz CT molecular complexity index is 1230. The summed E-state index contributed by atoms with van der Waals surface area (Å²) in [4.78, 5) is 63.3. The summed E-state index contributed by atoms with van der Waals surface area (Å²) in [6.07, 6.45) is 0. The molecule has 2 atom stereocenters. The maximum atomic E-state index is 13.0. The van der Waals surface area contributed by atoms with Crippen LogP contribution in [0.5, 0.6) is 0 Å². The van der Waals surface area contributed by atoms with Crippen LogP contribution in [0.15, 0.2) is 59.8 Å². The Morgan fingerprint density at radius 2 is 1.59 bits per heavy atom. The van der Waals surface area contributed by atoms with Gasteiger partial charge >= 0.3 is 5.97 Å². The SMILES string of the molecule is CC(C)=C(C(=O)OCc1ccc([N+](=O)[O-])cc1)N1C(=O)C(N2C(=O)c3ccccc3C2=O)C1Cl. The Labute approximate surface area is 198 Å². The van der Waals surface area contributed by atoms with Crippen LogP contribution in [0.3, 0.4) is 0 Å². The topological polar surface area (TPSA) is 127 Å². The van der Waals surface area contributed by atoms with Crippen molar-refractivity contribution in [2.45, 2.75) is 32.0 Å². The van der Waals surface area contributed by atoms with Crippen LogP contribution in [-0.4, -0.2) is 50.0 Å². The number of carbonyl (C=O) groups excluding carboxylic acids is 4. The fourth-order valence-corrected chi connectivity index (χ4v) is 4.26. The molecule has 0 saturated carbocycles. The number of allylic oxidation sites excluding steroid dienone is 1. The number of non-ortho nitro benzene ring substituents is 1. The quantitative estimate of drug-likeness (QED) is 0.0902. The summed E-state index contributed by atoms with van der Waals surface area (Å²) in [5.41, 5.74) is -0.0383. The first-order chi connectivity index (χ1) is 16.1. The summed E-state index contributed by atoms with van der Waals surface area (Å²) in [6.45, 7) is 2.99. The minimum atomic E-state index is -1.26. The summed E-state index contributed by atoms with van der Waals surface area (Å²) < 4.78 is 5.29. The van der Waals surface area contributed by atoms with Crippen molar-refractivity contribution in [2.24, 2.45) is 0 Å². The molecule has 0 N–H and O–H groups in total. The number of alkyl halides is 1. The molecule has 2 aliphatic heterocycles. The average molecular weight is 484 g/mol. The molecule has 2 heterocycles. The highest BCUT2D eigenvalue weighted by Gasteiger charge is 2.57. The molecule has 2 aliphatic rings. The molecule has 174 valence electrons. The number of likely N-dealkylation sites (tertiary alicyclic amines) is 1. The smallest absolute Gasteiger partial charge is 0.355 e. The summed E-state index contributed by atoms with van der Waals surface area (Å²) in [5, 5.41) is 10.8. The second-order valence-corrected chi connectivity index (χ2v) is 8.35. The number of esters is 1. The number of benzene rings is 2. The average Bonchev–Trinajstić information content (AvgIpc) is 3.06. The number of carbonyl (C=O) groups is 4. The van der Waals surface area contributed by atoms with E-state index in [2.05, 4.69) is 0 Å². The summed E-state index contributed by atoms with van der Waals surface area (Å²) in [5.74, 6) is -2.76. The van der Waals surface area contributed by atoms with E-state index in [0.29, 0.717) is 11.1 Å². The lowest BCUT2D eigenvalue weighted by Gasteiger charge is -2.46. The number of nitrogens with zero attached hydrogens (tertiary/aromatic N) is 3. The predicted octanol–water partition coefficient (Wildman–Crippen LogP) is 3.00. The molecule has 2 aromatic rings. The van der Waals surface area contributed by atoms with Crippen LogP contribution in [0, 0.1) is 10.1 Å². The number of hydrogen-bond acceptors (Lipinski definition) is 7. The fraction of sp³-hybridized carbons (Fsp3) is 0.217. The molecule has 1 saturated heterocycles. The number of fused-ring (bicyclic) bond motifs is 1. The maximum absolute atomic E-state index is 13.0. The third-order valence-corrected chi connectivity index (χ3v) is 5.96. The van der Waals surface area contributed by atoms with E-state index in [9.17, 15) is 29.3 Å². The second kappa shape index (κ2) is 8.71. The number of β-lactam (4-membered cyclic amide) rings is 1. The van der Waals surface area contributed by atoms with Gasteiger partial charge in [0, 0.05) is 12.1 Å². The monoisotopic (exact) mass is 483 g/mol. The largest absolute Gasteiger partial charge is 0.456 e. The van der Waals surface area contributed by atoms with E-state index in [4.69, 9.17) is 16.3 Å². The summed E-state index contributed by atoms with van der Waals surface area (Å²) in [6, 6.07) is 10.4. The third kappa shape index (κ3) is 3.71. The lowest BCUT2D eigenvalue weighted by Crippen LogP contribution is -2.69. The molecular weight excluding hydrogens is 466 g/mol. The summed E-state index contributed by atoms with van der Waals surface area (Å²) in [7, 11) is 0. The Hall–Kier alpha value is -4.05. The van der Waals surface area contributed by atoms with Gasteiger partial charge in [-0.3, -0.25) is 34.3 Å². The lowest BCUT2D eigenvalue weighted by molar-refractivity contribution is -0.384. The molecule has 34 heavy (non-hydrogen) atoms. The van der Waals surface area contributed by atoms with E-state index in [0.717, 1.165) is 9.80 Å². The van der Waals surface area contributed by atoms with Gasteiger partial charge in [0.25, 0.3) is 23.4 Å². The van der Waals surface area contributed by atoms with Crippen LogP contribution in [0.1, 0.15) is 40.1 Å². The van der Waals surface area contributed by atoms with Gasteiger partial charge < -0.3 is 4.74 Å². The second-order valence-electron chi connectivity index (χ2n) is 7.90. The van der Waals surface area contributed by atoms with Gasteiger partial charge in [-0.05, 0) is 49.2 Å². The molecule has 11 heteroatoms. The summed E-state index contributed by atoms with van der Waals surface area (Å²) >= 11 is 6.43. The molecule has 3 amide bonds. The van der Waals surface area contributed by atoms with Gasteiger partial charge in [0.15, 0.2) is 6.04 Å². The molecule has 0 radical (unpaired) electrons. The van der Waals surface area contributed by atoms with E-state index >= 15 is 0 Å². The van der Waals surface area contributed by atoms with Gasteiger partial charge in [0.2, 0.25) is 0 Å². The molecule has 4 rings (SSSR count). The normalized spacial score (nSPS) is 19.0. The van der Waals surface area contributed by atoms with Gasteiger partial charge in [-0.15, -0.1) is 0 Å². The van der Waals surface area contributed by atoms with Gasteiger partial charge in [-0.25, -0.2) is 4.79 Å². The number of imide groups is 1. The minimum absolute atomic E-state index is 0.0974. The molecular formula is C23H18ClN3O7. The van der Waals surface area contributed by atoms with Crippen LogP contribution in [-0.2, 0) is 20.9 Å². The minimum Gasteiger partial charge on any atom is -0.456 e. The zero-order chi connectivity index (χ0) is 24.7. The van der Waals surface area contributed by atoms with E-state index in [1.54, 1.807) is 26.0 Å². The number of rotatable bonds is 6. The molecule has 0 aromatic heterocycles. The Morgan fingerprint density at radius 1 is 1.03 bits per heavy atom.